The Bertz CT molecular complexity index is 1140. The van der Waals surface area contributed by atoms with E-state index in [0.717, 1.165) is 36.1 Å². The number of benzene rings is 3. The fourth-order valence-electron chi connectivity index (χ4n) is 5.22. The molecule has 2 amide bonds. The summed E-state index contributed by atoms with van der Waals surface area (Å²) in [5.41, 5.74) is 2.32. The summed E-state index contributed by atoms with van der Waals surface area (Å²) >= 11 is 0. The van der Waals surface area contributed by atoms with E-state index in [1.54, 1.807) is 9.80 Å². The summed E-state index contributed by atoms with van der Waals surface area (Å²) in [6, 6.07) is 30.7. The lowest BCUT2D eigenvalue weighted by molar-refractivity contribution is -0.0298. The molecule has 2 saturated heterocycles. The number of aliphatic hydroxyl groups is 1. The number of hydrogen-bond donors (Lipinski definition) is 1. The maximum Gasteiger partial charge on any atom is 0.410 e. The number of nitrogens with zero attached hydrogens (tertiary/aromatic N) is 2. The van der Waals surface area contributed by atoms with Crippen LogP contribution in [0.5, 0.6) is 0 Å². The summed E-state index contributed by atoms with van der Waals surface area (Å²) in [4.78, 5) is 26.4. The maximum atomic E-state index is 12.2. The van der Waals surface area contributed by atoms with E-state index in [2.05, 4.69) is 43.3 Å². The molecular weight excluding hydrogens is 585 g/mol. The quantitative estimate of drug-likeness (QED) is 0.276. The fraction of sp³-hybridized carbons (Fsp3) is 0.394. The number of aliphatic hydroxyl groups excluding tert-OH is 1. The van der Waals surface area contributed by atoms with Crippen LogP contribution in [0.3, 0.4) is 0 Å². The Morgan fingerprint density at radius 2 is 1.07 bits per heavy atom. The van der Waals surface area contributed by atoms with Crippen molar-refractivity contribution in [3.05, 3.63) is 108 Å². The molecule has 1 N–H and O–H groups in total. The average molecular weight is 629 g/mol. The van der Waals surface area contributed by atoms with Gasteiger partial charge in [-0.15, -0.1) is 0 Å². The zero-order chi connectivity index (χ0) is 29.1. The van der Waals surface area contributed by atoms with Gasteiger partial charge in [-0.3, -0.25) is 0 Å². The van der Waals surface area contributed by atoms with Crippen molar-refractivity contribution < 1.29 is 28.9 Å². The van der Waals surface area contributed by atoms with Crippen LogP contribution in [0, 0.1) is 0 Å². The van der Waals surface area contributed by atoms with Gasteiger partial charge in [-0.2, -0.15) is 27.0 Å². The zero-order valence-corrected chi connectivity index (χ0v) is 26.9. The van der Waals surface area contributed by atoms with Crippen molar-refractivity contribution in [3.8, 4) is 0 Å². The Morgan fingerprint density at radius 3 is 1.42 bits per heavy atom. The van der Waals surface area contributed by atoms with E-state index in [1.165, 1.54) is 0 Å². The van der Waals surface area contributed by atoms with Crippen molar-refractivity contribution in [1.29, 1.82) is 0 Å². The second-order valence-corrected chi connectivity index (χ2v) is 10.2. The van der Waals surface area contributed by atoms with Gasteiger partial charge in [-0.25, -0.2) is 9.59 Å². The van der Waals surface area contributed by atoms with E-state index >= 15 is 0 Å². The lowest BCUT2D eigenvalue weighted by Gasteiger charge is -2.36. The largest absolute Gasteiger partial charge is 0.442 e. The Kier molecular flexibility index (Phi) is 14.9. The molecule has 0 bridgehead atoms. The number of carbonyl (C=O) groups excluding carboxylic acids is 2. The van der Waals surface area contributed by atoms with Crippen molar-refractivity contribution in [3.63, 3.8) is 0 Å². The molecule has 0 aliphatic carbocycles. The van der Waals surface area contributed by atoms with Crippen LogP contribution in [0.1, 0.15) is 43.4 Å². The number of carbonyl (C=O) groups is 2. The van der Waals surface area contributed by atoms with Gasteiger partial charge in [0.25, 0.3) is 0 Å². The maximum absolute atomic E-state index is 12.2. The molecule has 10 heteroatoms. The van der Waals surface area contributed by atoms with Crippen molar-refractivity contribution in [1.82, 2.24) is 9.80 Å². The number of hydrogen-bond acceptors (Lipinski definition) is 6. The lowest BCUT2D eigenvalue weighted by Crippen LogP contribution is -2.36. The molecule has 2 aliphatic rings. The Morgan fingerprint density at radius 1 is 0.698 bits per heavy atom. The summed E-state index contributed by atoms with van der Waals surface area (Å²) in [5, 5.41) is 8.67. The van der Waals surface area contributed by atoms with Crippen LogP contribution < -0.4 is 0 Å². The minimum Gasteiger partial charge on any atom is -0.442 e. The third-order valence-corrected chi connectivity index (χ3v) is 7.12. The van der Waals surface area contributed by atoms with Gasteiger partial charge in [0.15, 0.2) is 0 Å². The van der Waals surface area contributed by atoms with Crippen molar-refractivity contribution >= 4 is 39.2 Å². The fourth-order valence-corrected chi connectivity index (χ4v) is 5.22. The molecule has 5 rings (SSSR count). The second kappa shape index (κ2) is 17.8. The number of cyclic esters (lactones) is 2. The summed E-state index contributed by atoms with van der Waals surface area (Å²) in [6.07, 6.45) is 0.674. The topological polar surface area (TPSA) is 88.5 Å². The van der Waals surface area contributed by atoms with Gasteiger partial charge in [0.05, 0.1) is 26.3 Å². The molecule has 2 heterocycles. The van der Waals surface area contributed by atoms with Crippen LogP contribution in [-0.2, 0) is 19.8 Å². The molecule has 0 aromatic heterocycles. The predicted molar refractivity (Wildman–Crippen MR) is 177 cm³/mol. The summed E-state index contributed by atoms with van der Waals surface area (Å²) in [6.45, 7) is 6.80. The molecule has 8 nitrogen and oxygen atoms in total. The Hall–Kier alpha value is -3.18. The highest BCUT2D eigenvalue weighted by Gasteiger charge is 2.40. The summed E-state index contributed by atoms with van der Waals surface area (Å²) in [5.74, 6) is 0. The van der Waals surface area contributed by atoms with E-state index in [9.17, 15) is 9.59 Å². The van der Waals surface area contributed by atoms with E-state index < -0.39 is 5.60 Å². The molecule has 0 saturated carbocycles. The first-order valence-electron chi connectivity index (χ1n) is 14.3. The molecule has 43 heavy (non-hydrogen) atoms. The van der Waals surface area contributed by atoms with Crippen LogP contribution >= 0.6 is 27.0 Å². The second-order valence-electron chi connectivity index (χ2n) is 10.2. The zero-order valence-electron chi connectivity index (χ0n) is 24.9. The highest BCUT2D eigenvalue weighted by molar-refractivity contribution is 7.59. The molecule has 2 aliphatic heterocycles. The summed E-state index contributed by atoms with van der Waals surface area (Å²) < 4.78 is 17.1. The van der Waals surface area contributed by atoms with Crippen LogP contribution in [-0.4, -0.2) is 78.7 Å². The molecule has 234 valence electrons. The monoisotopic (exact) mass is 628 g/mol. The minimum absolute atomic E-state index is 0. The normalized spacial score (nSPS) is 17.7. The van der Waals surface area contributed by atoms with Gasteiger partial charge in [0, 0.05) is 13.1 Å². The van der Waals surface area contributed by atoms with Crippen LogP contribution in [0.15, 0.2) is 91.0 Å². The molecular formula is C33H44N2O6S2. The molecule has 2 fully saturated rings. The SMILES string of the molecule is CCCN1C[C@@H](CO)OC1=O.CCCN1C[C@@H](COC(c2ccccc2)(c2ccccc2)c2ccccc2)OC1=O.S.S. The first-order valence-corrected chi connectivity index (χ1v) is 14.3. The van der Waals surface area contributed by atoms with Crippen molar-refractivity contribution in [2.45, 2.75) is 44.5 Å². The van der Waals surface area contributed by atoms with Crippen molar-refractivity contribution in [2.24, 2.45) is 0 Å². The molecule has 0 radical (unpaired) electrons. The molecule has 0 unspecified atom stereocenters. The van der Waals surface area contributed by atoms with Gasteiger partial charge in [-0.1, -0.05) is 105 Å². The molecule has 2 atom stereocenters. The number of amides is 2. The first kappa shape index (κ1) is 36.0. The Balaban J connectivity index is 0.000000423. The third-order valence-electron chi connectivity index (χ3n) is 7.12. The third kappa shape index (κ3) is 8.92. The number of rotatable bonds is 11. The highest BCUT2D eigenvalue weighted by Crippen LogP contribution is 2.40. The van der Waals surface area contributed by atoms with E-state index in [0.29, 0.717) is 26.2 Å². The van der Waals surface area contributed by atoms with Gasteiger partial charge < -0.3 is 29.1 Å². The molecule has 0 spiro atoms. The van der Waals surface area contributed by atoms with E-state index in [4.69, 9.17) is 19.3 Å². The van der Waals surface area contributed by atoms with E-state index in [-0.39, 0.29) is 58.0 Å². The Labute approximate surface area is 268 Å². The van der Waals surface area contributed by atoms with E-state index in [1.807, 2.05) is 61.5 Å². The van der Waals surface area contributed by atoms with Crippen molar-refractivity contribution in [2.75, 3.05) is 39.4 Å². The predicted octanol–water partition coefficient (Wildman–Crippen LogP) is 5.66. The van der Waals surface area contributed by atoms with Crippen LogP contribution in [0.4, 0.5) is 9.59 Å². The van der Waals surface area contributed by atoms with Gasteiger partial charge in [0.2, 0.25) is 0 Å². The highest BCUT2D eigenvalue weighted by atomic mass is 32.1. The van der Waals surface area contributed by atoms with Gasteiger partial charge in [0.1, 0.15) is 17.8 Å². The standard InChI is InChI=1S/C26H27NO3.C7H13NO3.2H2S/c1-2-18-27-19-24(30-25(27)28)20-29-26(21-12-6-3-7-13-21,22-14-8-4-9-15-22)23-16-10-5-11-17-23;1-2-3-8-4-6(5-9)11-7(8)10;;/h3-17,24H,2,18-20H2,1H3;6,9H,2-5H2,1H3;2*1H2/t24-;6-;;/m00../s1. The number of ether oxygens (including phenoxy) is 3. The smallest absolute Gasteiger partial charge is 0.410 e. The molecule has 3 aromatic rings. The van der Waals surface area contributed by atoms with Gasteiger partial charge >= 0.3 is 12.2 Å². The minimum atomic E-state index is -0.797. The van der Waals surface area contributed by atoms with Crippen LogP contribution in [0.2, 0.25) is 0 Å². The van der Waals surface area contributed by atoms with Gasteiger partial charge in [-0.05, 0) is 29.5 Å². The molecule has 3 aromatic carbocycles. The van der Waals surface area contributed by atoms with Crippen LogP contribution in [0.25, 0.3) is 0 Å². The summed E-state index contributed by atoms with van der Waals surface area (Å²) in [7, 11) is 0. The average Bonchev–Trinajstić information content (AvgIpc) is 3.56. The lowest BCUT2D eigenvalue weighted by atomic mass is 9.80. The first-order chi connectivity index (χ1) is 20.0.